The molecule has 0 aromatic carbocycles. The molecule has 0 fully saturated rings. The first-order valence-electron chi connectivity index (χ1n) is 8.09. The summed E-state index contributed by atoms with van der Waals surface area (Å²) >= 11 is 0. The maximum absolute atomic E-state index is 6.35. The highest BCUT2D eigenvalue weighted by Crippen LogP contribution is 2.51. The molecule has 0 radical (unpaired) electrons. The van der Waals surface area contributed by atoms with E-state index < -0.39 is 8.56 Å². The van der Waals surface area contributed by atoms with Gasteiger partial charge in [-0.2, -0.15) is 0 Å². The molecule has 116 valence electrons. The summed E-state index contributed by atoms with van der Waals surface area (Å²) in [4.78, 5) is 0. The highest BCUT2D eigenvalue weighted by molar-refractivity contribution is 6.70. The molecule has 2 nitrogen and oxygen atoms in total. The maximum Gasteiger partial charge on any atom is 0.344 e. The highest BCUT2D eigenvalue weighted by Gasteiger charge is 2.54. The number of rotatable bonds is 10. The van der Waals surface area contributed by atoms with Crippen LogP contribution < -0.4 is 0 Å². The van der Waals surface area contributed by atoms with Crippen molar-refractivity contribution in [3.8, 4) is 0 Å². The fourth-order valence-electron chi connectivity index (χ4n) is 3.42. The largest absolute Gasteiger partial charge is 0.394 e. The van der Waals surface area contributed by atoms with Crippen LogP contribution >= 0.6 is 0 Å². The summed E-state index contributed by atoms with van der Waals surface area (Å²) in [6.45, 7) is 19.6. The minimum absolute atomic E-state index is 0.160. The van der Waals surface area contributed by atoms with Gasteiger partial charge < -0.3 is 8.85 Å². The summed E-state index contributed by atoms with van der Waals surface area (Å²) in [5, 5.41) is 0.160. The molecule has 0 unspecified atom stereocenters. The lowest BCUT2D eigenvalue weighted by Gasteiger charge is -2.47. The quantitative estimate of drug-likeness (QED) is 0.503. The number of hydrogen-bond acceptors (Lipinski definition) is 2. The summed E-state index contributed by atoms with van der Waals surface area (Å²) in [7, 11) is -2.19. The van der Waals surface area contributed by atoms with Gasteiger partial charge in [-0.15, -0.1) is 0 Å². The van der Waals surface area contributed by atoms with Gasteiger partial charge in [0.2, 0.25) is 0 Å². The minimum atomic E-state index is -2.19. The molecular weight excluding hydrogens is 252 g/mol. The predicted octanol–water partition coefficient (Wildman–Crippen LogP) is 5.37. The zero-order chi connectivity index (χ0) is 15.1. The Balaban J connectivity index is 5.48. The molecule has 0 aromatic rings. The van der Waals surface area contributed by atoms with Crippen LogP contribution in [0, 0.1) is 11.8 Å². The Kier molecular flexibility index (Phi) is 8.49. The van der Waals surface area contributed by atoms with Crippen LogP contribution in [0.2, 0.25) is 11.1 Å². The van der Waals surface area contributed by atoms with E-state index in [1.165, 1.54) is 12.8 Å². The van der Waals surface area contributed by atoms with Crippen molar-refractivity contribution in [3.05, 3.63) is 0 Å². The van der Waals surface area contributed by atoms with E-state index in [9.17, 15) is 0 Å². The van der Waals surface area contributed by atoms with E-state index in [1.807, 2.05) is 0 Å². The fourth-order valence-corrected chi connectivity index (χ4v) is 8.05. The normalized spacial score (nSPS) is 13.6. The Morgan fingerprint density at radius 3 is 1.58 bits per heavy atom. The molecule has 3 heteroatoms. The van der Waals surface area contributed by atoms with E-state index >= 15 is 0 Å². The van der Waals surface area contributed by atoms with Gasteiger partial charge in [0.1, 0.15) is 0 Å². The fraction of sp³-hybridized carbons (Fsp3) is 1.00. The van der Waals surface area contributed by atoms with Gasteiger partial charge >= 0.3 is 8.56 Å². The van der Waals surface area contributed by atoms with Gasteiger partial charge in [-0.3, -0.25) is 0 Å². The van der Waals surface area contributed by atoms with Gasteiger partial charge in [0, 0.05) is 18.3 Å². The molecular formula is C16H36O2Si. The van der Waals surface area contributed by atoms with E-state index in [4.69, 9.17) is 8.85 Å². The van der Waals surface area contributed by atoms with Crippen LogP contribution in [0.3, 0.4) is 0 Å². The third-order valence-corrected chi connectivity index (χ3v) is 9.66. The standard InChI is InChI=1S/C16H36O2Si/c1-9-15(10-2)16(7,8)19(17-11-3,18-12-4)13-14(5)6/h14-15H,9-13H2,1-8H3. The minimum Gasteiger partial charge on any atom is -0.394 e. The van der Waals surface area contributed by atoms with Crippen molar-refractivity contribution in [1.29, 1.82) is 0 Å². The molecule has 0 aromatic heterocycles. The van der Waals surface area contributed by atoms with Crippen molar-refractivity contribution in [1.82, 2.24) is 0 Å². The molecule has 0 bridgehead atoms. The topological polar surface area (TPSA) is 18.5 Å². The molecule has 0 aliphatic rings. The second-order valence-corrected chi connectivity index (χ2v) is 10.2. The maximum atomic E-state index is 6.35. The molecule has 0 rings (SSSR count). The van der Waals surface area contributed by atoms with Gasteiger partial charge in [-0.1, -0.05) is 54.4 Å². The second-order valence-electron chi connectivity index (χ2n) is 6.45. The van der Waals surface area contributed by atoms with Crippen molar-refractivity contribution in [2.45, 2.75) is 79.3 Å². The summed E-state index contributed by atoms with van der Waals surface area (Å²) in [5.74, 6) is 1.30. The van der Waals surface area contributed by atoms with Crippen LogP contribution in [0.1, 0.15) is 68.2 Å². The lowest BCUT2D eigenvalue weighted by molar-refractivity contribution is 0.133. The Labute approximate surface area is 122 Å². The first-order chi connectivity index (χ1) is 8.81. The Morgan fingerprint density at radius 1 is 0.895 bits per heavy atom. The van der Waals surface area contributed by atoms with Crippen molar-refractivity contribution in [2.75, 3.05) is 13.2 Å². The molecule has 19 heavy (non-hydrogen) atoms. The SMILES string of the molecule is CCO[Si](CC(C)C)(OCC)C(C)(C)C(CC)CC. The third kappa shape index (κ3) is 4.57. The summed E-state index contributed by atoms with van der Waals surface area (Å²) in [5.41, 5.74) is 0. The number of hydrogen-bond donors (Lipinski definition) is 0. The van der Waals surface area contributed by atoms with E-state index in [0.29, 0.717) is 11.8 Å². The zero-order valence-corrected chi connectivity index (χ0v) is 15.5. The van der Waals surface area contributed by atoms with E-state index in [2.05, 4.69) is 55.4 Å². The average Bonchev–Trinajstić information content (AvgIpc) is 2.29. The monoisotopic (exact) mass is 288 g/mol. The van der Waals surface area contributed by atoms with Crippen molar-refractivity contribution >= 4 is 8.56 Å². The van der Waals surface area contributed by atoms with Gasteiger partial charge in [0.25, 0.3) is 0 Å². The smallest absolute Gasteiger partial charge is 0.344 e. The summed E-state index contributed by atoms with van der Waals surface area (Å²) < 4.78 is 12.7. The van der Waals surface area contributed by atoms with Crippen LogP contribution in [0.4, 0.5) is 0 Å². The molecule has 0 heterocycles. The van der Waals surface area contributed by atoms with E-state index in [-0.39, 0.29) is 5.04 Å². The lowest BCUT2D eigenvalue weighted by Crippen LogP contribution is -2.55. The van der Waals surface area contributed by atoms with Crippen LogP contribution in [0.5, 0.6) is 0 Å². The summed E-state index contributed by atoms with van der Waals surface area (Å²) in [6, 6.07) is 1.10. The molecule has 0 N–H and O–H groups in total. The zero-order valence-electron chi connectivity index (χ0n) is 14.5. The molecule has 0 spiro atoms. The summed E-state index contributed by atoms with van der Waals surface area (Å²) in [6.07, 6.45) is 2.41. The van der Waals surface area contributed by atoms with Gasteiger partial charge in [-0.05, 0) is 31.7 Å². The highest BCUT2D eigenvalue weighted by atomic mass is 28.4. The molecule has 0 atom stereocenters. The van der Waals surface area contributed by atoms with Gasteiger partial charge in [-0.25, -0.2) is 0 Å². The van der Waals surface area contributed by atoms with Crippen LogP contribution in [-0.4, -0.2) is 21.8 Å². The molecule has 0 amide bonds. The molecule has 0 saturated carbocycles. The first-order valence-corrected chi connectivity index (χ1v) is 10.1. The Bertz CT molecular complexity index is 229. The van der Waals surface area contributed by atoms with Crippen LogP contribution in [-0.2, 0) is 8.85 Å². The van der Waals surface area contributed by atoms with Crippen molar-refractivity contribution < 1.29 is 8.85 Å². The third-order valence-electron chi connectivity index (χ3n) is 4.42. The second kappa shape index (κ2) is 8.43. The van der Waals surface area contributed by atoms with Gasteiger partial charge in [0.15, 0.2) is 0 Å². The van der Waals surface area contributed by atoms with E-state index in [1.54, 1.807) is 0 Å². The van der Waals surface area contributed by atoms with Crippen LogP contribution in [0.15, 0.2) is 0 Å². The van der Waals surface area contributed by atoms with Crippen molar-refractivity contribution in [2.24, 2.45) is 11.8 Å². The predicted molar refractivity (Wildman–Crippen MR) is 86.8 cm³/mol. The molecule has 0 aliphatic carbocycles. The Morgan fingerprint density at radius 2 is 1.32 bits per heavy atom. The Hall–Kier alpha value is 0.137. The first kappa shape index (κ1) is 19.1. The molecule has 0 aliphatic heterocycles. The average molecular weight is 289 g/mol. The van der Waals surface area contributed by atoms with Gasteiger partial charge in [0.05, 0.1) is 0 Å². The van der Waals surface area contributed by atoms with E-state index in [0.717, 1.165) is 19.3 Å². The lowest BCUT2D eigenvalue weighted by atomic mass is 9.90. The van der Waals surface area contributed by atoms with Crippen molar-refractivity contribution in [3.63, 3.8) is 0 Å². The van der Waals surface area contributed by atoms with Crippen LogP contribution in [0.25, 0.3) is 0 Å². The molecule has 0 saturated heterocycles.